The van der Waals surface area contributed by atoms with E-state index >= 15 is 0 Å². The second-order valence-electron chi connectivity index (χ2n) is 5.97. The molecule has 2 heterocycles. The molecule has 5 heteroatoms. The number of aromatic nitrogens is 1. The monoisotopic (exact) mass is 344 g/mol. The van der Waals surface area contributed by atoms with E-state index in [2.05, 4.69) is 4.98 Å². The first-order valence-electron chi connectivity index (χ1n) is 8.22. The molecule has 1 fully saturated rings. The van der Waals surface area contributed by atoms with Crippen LogP contribution in [0, 0.1) is 0 Å². The van der Waals surface area contributed by atoms with Crippen LogP contribution in [0.3, 0.4) is 0 Å². The van der Waals surface area contributed by atoms with Crippen LogP contribution in [0.5, 0.6) is 5.75 Å². The van der Waals surface area contributed by atoms with Gasteiger partial charge >= 0.3 is 0 Å². The predicted molar refractivity (Wildman–Crippen MR) is 94.3 cm³/mol. The molecule has 1 amide bonds. The Kier molecular flexibility index (Phi) is 5.36. The van der Waals surface area contributed by atoms with Crippen molar-refractivity contribution in [2.24, 2.45) is 0 Å². The fraction of sp³-hybridized carbons (Fsp3) is 0.368. The van der Waals surface area contributed by atoms with Gasteiger partial charge in [-0.15, -0.1) is 0 Å². The Morgan fingerprint density at radius 1 is 1.38 bits per heavy atom. The third kappa shape index (κ3) is 3.70. The lowest BCUT2D eigenvalue weighted by Gasteiger charge is -2.24. The van der Waals surface area contributed by atoms with Crippen molar-refractivity contribution < 1.29 is 9.53 Å². The first-order valence-corrected chi connectivity index (χ1v) is 8.59. The maximum Gasteiger partial charge on any atom is 0.223 e. The number of halogens is 1. The Labute approximate surface area is 147 Å². The minimum Gasteiger partial charge on any atom is -0.495 e. The molecule has 0 bridgehead atoms. The fourth-order valence-electron chi connectivity index (χ4n) is 3.21. The average molecular weight is 345 g/mol. The van der Waals surface area contributed by atoms with Crippen LogP contribution < -0.4 is 4.74 Å². The van der Waals surface area contributed by atoms with Gasteiger partial charge in [0.2, 0.25) is 5.91 Å². The Morgan fingerprint density at radius 2 is 2.25 bits per heavy atom. The third-order valence-electron chi connectivity index (χ3n) is 4.45. The lowest BCUT2D eigenvalue weighted by Crippen LogP contribution is -2.31. The smallest absolute Gasteiger partial charge is 0.223 e. The molecule has 1 saturated heterocycles. The van der Waals surface area contributed by atoms with E-state index in [1.807, 2.05) is 41.3 Å². The molecule has 4 nitrogen and oxygen atoms in total. The van der Waals surface area contributed by atoms with E-state index in [1.54, 1.807) is 13.3 Å². The van der Waals surface area contributed by atoms with Crippen LogP contribution in [0.4, 0.5) is 0 Å². The molecule has 0 aliphatic carbocycles. The van der Waals surface area contributed by atoms with E-state index in [0.717, 1.165) is 30.6 Å². The van der Waals surface area contributed by atoms with Gasteiger partial charge in [0.25, 0.3) is 0 Å². The number of likely N-dealkylation sites (tertiary alicyclic amines) is 1. The van der Waals surface area contributed by atoms with Crippen molar-refractivity contribution in [1.29, 1.82) is 0 Å². The standard InChI is InChI=1S/C19H21ClN2O2/c1-24-18-9-7-14(13-15(18)20)8-10-19(23)22-12-4-6-17(22)16-5-2-3-11-21-16/h2-3,5,7,9,11,13,17H,4,6,8,10,12H2,1H3/t17-/m0/s1. The van der Waals surface area contributed by atoms with Gasteiger partial charge in [0.05, 0.1) is 23.9 Å². The van der Waals surface area contributed by atoms with Crippen LogP contribution in [-0.2, 0) is 11.2 Å². The minimum absolute atomic E-state index is 0.109. The number of carbonyl (C=O) groups is 1. The molecule has 2 aromatic rings. The molecular weight excluding hydrogens is 324 g/mol. The van der Waals surface area contributed by atoms with Gasteiger partial charge in [-0.1, -0.05) is 23.7 Å². The van der Waals surface area contributed by atoms with Crippen LogP contribution in [0.2, 0.25) is 5.02 Å². The molecule has 0 unspecified atom stereocenters. The molecular formula is C19H21ClN2O2. The van der Waals surface area contributed by atoms with Crippen molar-refractivity contribution in [1.82, 2.24) is 9.88 Å². The Bertz CT molecular complexity index is 706. The molecule has 3 rings (SSSR count). The summed E-state index contributed by atoms with van der Waals surface area (Å²) in [6.45, 7) is 0.809. The molecule has 0 saturated carbocycles. The van der Waals surface area contributed by atoms with Crippen molar-refractivity contribution in [3.05, 3.63) is 58.9 Å². The van der Waals surface area contributed by atoms with E-state index < -0.39 is 0 Å². The number of carbonyl (C=O) groups excluding carboxylic acids is 1. The van der Waals surface area contributed by atoms with Crippen LogP contribution in [-0.4, -0.2) is 29.4 Å². The van der Waals surface area contributed by atoms with Crippen LogP contribution in [0.25, 0.3) is 0 Å². The lowest BCUT2D eigenvalue weighted by molar-refractivity contribution is -0.132. The first-order chi connectivity index (χ1) is 11.7. The number of pyridine rings is 1. The summed E-state index contributed by atoms with van der Waals surface area (Å²) >= 11 is 6.15. The summed E-state index contributed by atoms with van der Waals surface area (Å²) in [6, 6.07) is 11.7. The molecule has 0 N–H and O–H groups in total. The topological polar surface area (TPSA) is 42.4 Å². The van der Waals surface area contributed by atoms with Crippen molar-refractivity contribution in [3.8, 4) is 5.75 Å². The lowest BCUT2D eigenvalue weighted by atomic mass is 10.1. The zero-order valence-electron chi connectivity index (χ0n) is 13.7. The molecule has 1 aromatic carbocycles. The van der Waals surface area contributed by atoms with Gasteiger partial charge in [0.1, 0.15) is 5.75 Å². The summed E-state index contributed by atoms with van der Waals surface area (Å²) in [5, 5.41) is 0.579. The maximum absolute atomic E-state index is 12.7. The molecule has 0 spiro atoms. The summed E-state index contributed by atoms with van der Waals surface area (Å²) in [5.74, 6) is 0.830. The molecule has 126 valence electrons. The van der Waals surface area contributed by atoms with E-state index in [9.17, 15) is 4.79 Å². The average Bonchev–Trinajstić information content (AvgIpc) is 3.10. The van der Waals surface area contributed by atoms with Gasteiger partial charge < -0.3 is 9.64 Å². The maximum atomic E-state index is 12.7. The molecule has 1 aliphatic heterocycles. The highest BCUT2D eigenvalue weighted by molar-refractivity contribution is 6.32. The Morgan fingerprint density at radius 3 is 2.96 bits per heavy atom. The van der Waals surface area contributed by atoms with Gasteiger partial charge in [-0.3, -0.25) is 9.78 Å². The SMILES string of the molecule is COc1ccc(CCC(=O)N2CCC[C@H]2c2ccccn2)cc1Cl. The number of hydrogen-bond acceptors (Lipinski definition) is 3. The summed E-state index contributed by atoms with van der Waals surface area (Å²) < 4.78 is 5.16. The summed E-state index contributed by atoms with van der Waals surface area (Å²) in [4.78, 5) is 19.0. The number of aryl methyl sites for hydroxylation is 1. The van der Waals surface area contributed by atoms with E-state index in [0.29, 0.717) is 23.6 Å². The van der Waals surface area contributed by atoms with Crippen molar-refractivity contribution in [2.75, 3.05) is 13.7 Å². The number of amides is 1. The fourth-order valence-corrected chi connectivity index (χ4v) is 3.49. The third-order valence-corrected chi connectivity index (χ3v) is 4.74. The molecule has 1 aliphatic rings. The summed E-state index contributed by atoms with van der Waals surface area (Å²) in [7, 11) is 1.59. The second kappa shape index (κ2) is 7.67. The van der Waals surface area contributed by atoms with Gasteiger partial charge in [0, 0.05) is 19.2 Å². The highest BCUT2D eigenvalue weighted by Crippen LogP contribution is 2.31. The van der Waals surface area contributed by atoms with E-state index in [1.165, 1.54) is 0 Å². The molecule has 1 aromatic heterocycles. The number of nitrogens with zero attached hydrogens (tertiary/aromatic N) is 2. The highest BCUT2D eigenvalue weighted by Gasteiger charge is 2.30. The van der Waals surface area contributed by atoms with E-state index in [4.69, 9.17) is 16.3 Å². The number of hydrogen-bond donors (Lipinski definition) is 0. The summed E-state index contributed by atoms with van der Waals surface area (Å²) in [6.07, 6.45) is 4.95. The first kappa shape index (κ1) is 16.8. The number of benzene rings is 1. The van der Waals surface area contributed by atoms with Crippen LogP contribution in [0.15, 0.2) is 42.6 Å². The molecule has 0 radical (unpaired) electrons. The van der Waals surface area contributed by atoms with Gasteiger partial charge in [-0.05, 0) is 49.1 Å². The molecule has 1 atom stereocenters. The number of ether oxygens (including phenoxy) is 1. The normalized spacial score (nSPS) is 17.1. The summed E-state index contributed by atoms with van der Waals surface area (Å²) in [5.41, 5.74) is 2.03. The van der Waals surface area contributed by atoms with Gasteiger partial charge in [-0.25, -0.2) is 0 Å². The zero-order chi connectivity index (χ0) is 16.9. The van der Waals surface area contributed by atoms with Crippen molar-refractivity contribution >= 4 is 17.5 Å². The van der Waals surface area contributed by atoms with Crippen LogP contribution >= 0.6 is 11.6 Å². The zero-order valence-corrected chi connectivity index (χ0v) is 14.5. The predicted octanol–water partition coefficient (Wildman–Crippen LogP) is 4.04. The largest absolute Gasteiger partial charge is 0.495 e. The van der Waals surface area contributed by atoms with E-state index in [-0.39, 0.29) is 11.9 Å². The molecule has 24 heavy (non-hydrogen) atoms. The van der Waals surface area contributed by atoms with Crippen molar-refractivity contribution in [3.63, 3.8) is 0 Å². The van der Waals surface area contributed by atoms with Gasteiger partial charge in [-0.2, -0.15) is 0 Å². The van der Waals surface area contributed by atoms with Gasteiger partial charge in [0.15, 0.2) is 0 Å². The Balaban J connectivity index is 1.63. The number of rotatable bonds is 5. The Hall–Kier alpha value is -2.07. The quantitative estimate of drug-likeness (QED) is 0.822. The van der Waals surface area contributed by atoms with Crippen molar-refractivity contribution in [2.45, 2.75) is 31.7 Å². The minimum atomic E-state index is 0.109. The number of methoxy groups -OCH3 is 1. The van der Waals surface area contributed by atoms with Crippen LogP contribution in [0.1, 0.15) is 36.6 Å². The highest BCUT2D eigenvalue weighted by atomic mass is 35.5. The second-order valence-corrected chi connectivity index (χ2v) is 6.38.